The van der Waals surface area contributed by atoms with Gasteiger partial charge in [-0.05, 0) is 41.0 Å². The van der Waals surface area contributed by atoms with E-state index in [1.807, 2.05) is 30.4 Å². The van der Waals surface area contributed by atoms with Gasteiger partial charge in [-0.15, -0.1) is 0 Å². The molecule has 0 spiro atoms. The van der Waals surface area contributed by atoms with Gasteiger partial charge in [-0.2, -0.15) is 0 Å². The summed E-state index contributed by atoms with van der Waals surface area (Å²) in [5, 5.41) is 10.1. The normalized spacial score (nSPS) is 20.5. The SMILES string of the molecule is N=C1NC(=O)/C(=C/C2=CC=C(c3ccccc3)C2)S1. The lowest BCUT2D eigenvalue weighted by Gasteiger charge is -2.02. The number of carbonyl (C=O) groups excluding carboxylic acids is 1. The van der Waals surface area contributed by atoms with Crippen LogP contribution in [0.3, 0.4) is 0 Å². The van der Waals surface area contributed by atoms with Gasteiger partial charge in [-0.3, -0.25) is 10.2 Å². The Kier molecular flexibility index (Phi) is 3.09. The van der Waals surface area contributed by atoms with Crippen molar-refractivity contribution in [2.45, 2.75) is 6.42 Å². The Morgan fingerprint density at radius 3 is 2.68 bits per heavy atom. The van der Waals surface area contributed by atoms with E-state index in [1.165, 1.54) is 22.9 Å². The monoisotopic (exact) mass is 268 g/mol. The first-order valence-corrected chi connectivity index (χ1v) is 6.78. The fourth-order valence-electron chi connectivity index (χ4n) is 2.10. The van der Waals surface area contributed by atoms with E-state index in [2.05, 4.69) is 23.5 Å². The topological polar surface area (TPSA) is 53.0 Å². The van der Waals surface area contributed by atoms with Gasteiger partial charge in [0.05, 0.1) is 4.91 Å². The van der Waals surface area contributed by atoms with Crippen LogP contribution in [0.1, 0.15) is 12.0 Å². The Morgan fingerprint density at radius 2 is 2.00 bits per heavy atom. The number of thioether (sulfide) groups is 1. The molecule has 0 radical (unpaired) electrons. The minimum Gasteiger partial charge on any atom is -0.301 e. The molecule has 0 aromatic heterocycles. The Morgan fingerprint density at radius 1 is 1.21 bits per heavy atom. The zero-order chi connectivity index (χ0) is 13.2. The lowest BCUT2D eigenvalue weighted by atomic mass is 10.0. The standard InChI is InChI=1S/C15H12N2OS/c16-15-17-14(18)13(19-15)9-10-6-7-12(8-10)11-4-2-1-3-5-11/h1-7,9H,8H2,(H2,16,17,18)/b13-9-. The van der Waals surface area contributed by atoms with Crippen LogP contribution in [0.5, 0.6) is 0 Å². The molecular weight excluding hydrogens is 256 g/mol. The first-order chi connectivity index (χ1) is 9.22. The van der Waals surface area contributed by atoms with Crippen molar-refractivity contribution in [1.82, 2.24) is 5.32 Å². The summed E-state index contributed by atoms with van der Waals surface area (Å²) in [4.78, 5) is 12.1. The summed E-state index contributed by atoms with van der Waals surface area (Å²) >= 11 is 1.18. The van der Waals surface area contributed by atoms with Crippen molar-refractivity contribution in [3.05, 3.63) is 64.6 Å². The molecule has 3 rings (SSSR count). The van der Waals surface area contributed by atoms with E-state index in [0.717, 1.165) is 12.0 Å². The smallest absolute Gasteiger partial charge is 0.264 e. The van der Waals surface area contributed by atoms with Crippen LogP contribution in [0.25, 0.3) is 5.57 Å². The molecule has 1 aliphatic heterocycles. The van der Waals surface area contributed by atoms with Crippen molar-refractivity contribution < 1.29 is 4.79 Å². The average Bonchev–Trinajstić information content (AvgIpc) is 2.99. The second-order valence-electron chi connectivity index (χ2n) is 4.37. The molecule has 0 unspecified atom stereocenters. The van der Waals surface area contributed by atoms with Crippen LogP contribution in [0.2, 0.25) is 0 Å². The van der Waals surface area contributed by atoms with E-state index in [1.54, 1.807) is 0 Å². The lowest BCUT2D eigenvalue weighted by molar-refractivity contribution is -0.115. The van der Waals surface area contributed by atoms with E-state index in [-0.39, 0.29) is 11.1 Å². The maximum absolute atomic E-state index is 11.5. The largest absolute Gasteiger partial charge is 0.301 e. The molecule has 1 aliphatic carbocycles. The number of carbonyl (C=O) groups is 1. The zero-order valence-electron chi connectivity index (χ0n) is 10.1. The number of nitrogens with one attached hydrogen (secondary N) is 2. The summed E-state index contributed by atoms with van der Waals surface area (Å²) < 4.78 is 0. The van der Waals surface area contributed by atoms with Gasteiger partial charge < -0.3 is 5.32 Å². The molecule has 1 amide bonds. The van der Waals surface area contributed by atoms with Crippen molar-refractivity contribution in [3.8, 4) is 0 Å². The number of benzene rings is 1. The van der Waals surface area contributed by atoms with Gasteiger partial charge in [0, 0.05) is 0 Å². The van der Waals surface area contributed by atoms with Crippen LogP contribution in [0.15, 0.2) is 59.0 Å². The highest BCUT2D eigenvalue weighted by Crippen LogP contribution is 2.31. The molecule has 2 aliphatic rings. The summed E-state index contributed by atoms with van der Waals surface area (Å²) in [6, 6.07) is 10.2. The fraction of sp³-hybridized carbons (Fsp3) is 0.0667. The van der Waals surface area contributed by atoms with Crippen LogP contribution in [-0.4, -0.2) is 11.1 Å². The number of hydrogen-bond donors (Lipinski definition) is 2. The third-order valence-corrected chi connectivity index (χ3v) is 3.85. The summed E-state index contributed by atoms with van der Waals surface area (Å²) in [5.41, 5.74) is 3.57. The molecule has 0 saturated carbocycles. The predicted octanol–water partition coefficient (Wildman–Crippen LogP) is 3.08. The highest BCUT2D eigenvalue weighted by Gasteiger charge is 2.23. The molecule has 3 nitrogen and oxygen atoms in total. The average molecular weight is 268 g/mol. The van der Waals surface area contributed by atoms with Crippen LogP contribution in [0, 0.1) is 5.41 Å². The third-order valence-electron chi connectivity index (χ3n) is 3.02. The Balaban J connectivity index is 1.74. The van der Waals surface area contributed by atoms with Gasteiger partial charge in [0.15, 0.2) is 5.17 Å². The summed E-state index contributed by atoms with van der Waals surface area (Å²) in [5.74, 6) is -0.177. The molecule has 1 fully saturated rings. The van der Waals surface area contributed by atoms with E-state index in [0.29, 0.717) is 4.91 Å². The van der Waals surface area contributed by atoms with Gasteiger partial charge in [-0.1, -0.05) is 42.5 Å². The molecule has 4 heteroatoms. The molecule has 94 valence electrons. The predicted molar refractivity (Wildman–Crippen MR) is 78.7 cm³/mol. The molecule has 0 bridgehead atoms. The third kappa shape index (κ3) is 2.53. The molecule has 1 saturated heterocycles. The second-order valence-corrected chi connectivity index (χ2v) is 5.42. The summed E-state index contributed by atoms with van der Waals surface area (Å²) in [6.45, 7) is 0. The highest BCUT2D eigenvalue weighted by atomic mass is 32.2. The van der Waals surface area contributed by atoms with Crippen LogP contribution < -0.4 is 5.32 Å². The lowest BCUT2D eigenvalue weighted by Crippen LogP contribution is -2.18. The first-order valence-electron chi connectivity index (χ1n) is 5.97. The number of amidine groups is 1. The molecule has 1 aromatic rings. The maximum Gasteiger partial charge on any atom is 0.264 e. The van der Waals surface area contributed by atoms with E-state index < -0.39 is 0 Å². The molecule has 0 atom stereocenters. The van der Waals surface area contributed by atoms with Gasteiger partial charge in [0.25, 0.3) is 5.91 Å². The molecule has 2 N–H and O–H groups in total. The minimum absolute atomic E-state index is 0.177. The van der Waals surface area contributed by atoms with Crippen LogP contribution >= 0.6 is 11.8 Å². The van der Waals surface area contributed by atoms with Gasteiger partial charge in [0.1, 0.15) is 0 Å². The molecular formula is C15H12N2OS. The fourth-order valence-corrected chi connectivity index (χ4v) is 2.82. The van der Waals surface area contributed by atoms with Gasteiger partial charge in [0.2, 0.25) is 0 Å². The maximum atomic E-state index is 11.5. The van der Waals surface area contributed by atoms with Crippen molar-refractivity contribution in [2.24, 2.45) is 0 Å². The Labute approximate surface area is 115 Å². The van der Waals surface area contributed by atoms with Gasteiger partial charge >= 0.3 is 0 Å². The van der Waals surface area contributed by atoms with E-state index in [4.69, 9.17) is 5.41 Å². The summed E-state index contributed by atoms with van der Waals surface area (Å²) in [7, 11) is 0. The number of hydrogen-bond acceptors (Lipinski definition) is 3. The van der Waals surface area contributed by atoms with Gasteiger partial charge in [-0.25, -0.2) is 0 Å². The van der Waals surface area contributed by atoms with Crippen molar-refractivity contribution in [1.29, 1.82) is 5.41 Å². The second kappa shape index (κ2) is 4.90. The molecule has 1 heterocycles. The quantitative estimate of drug-likeness (QED) is 0.810. The zero-order valence-corrected chi connectivity index (χ0v) is 11.0. The van der Waals surface area contributed by atoms with E-state index >= 15 is 0 Å². The van der Waals surface area contributed by atoms with E-state index in [9.17, 15) is 4.79 Å². The Hall–Kier alpha value is -2.07. The van der Waals surface area contributed by atoms with Crippen molar-refractivity contribution in [2.75, 3.05) is 0 Å². The number of allylic oxidation sites excluding steroid dienone is 5. The first kappa shape index (κ1) is 12.0. The molecule has 19 heavy (non-hydrogen) atoms. The number of amides is 1. The minimum atomic E-state index is -0.177. The number of rotatable bonds is 2. The Bertz CT molecular complexity index is 641. The summed E-state index contributed by atoms with van der Waals surface area (Å²) in [6.07, 6.45) is 6.82. The van der Waals surface area contributed by atoms with Crippen molar-refractivity contribution in [3.63, 3.8) is 0 Å². The van der Waals surface area contributed by atoms with Crippen molar-refractivity contribution >= 4 is 28.4 Å². The van der Waals surface area contributed by atoms with Crippen LogP contribution in [0.4, 0.5) is 0 Å². The molecule has 1 aromatic carbocycles. The highest BCUT2D eigenvalue weighted by molar-refractivity contribution is 8.18. The van der Waals surface area contributed by atoms with Crippen LogP contribution in [-0.2, 0) is 4.79 Å².